The van der Waals surface area contributed by atoms with E-state index in [2.05, 4.69) is 21.9 Å². The predicted molar refractivity (Wildman–Crippen MR) is 71.3 cm³/mol. The standard InChI is InChI=1S/C14H15FN2O3/c1-2-20-13(18)9-17-14(19)12-6-5-11(15)8-10(12)4-3-7-16/h5-6,8H,2,7,9,16H2,1H3,(H,17,19). The molecule has 0 unspecified atom stereocenters. The molecule has 1 rings (SSSR count). The minimum atomic E-state index is -0.544. The monoisotopic (exact) mass is 278 g/mol. The summed E-state index contributed by atoms with van der Waals surface area (Å²) in [4.78, 5) is 23.1. The Bertz CT molecular complexity index is 561. The zero-order valence-electron chi connectivity index (χ0n) is 11.0. The van der Waals surface area contributed by atoms with Crippen LogP contribution >= 0.6 is 0 Å². The number of hydrogen-bond donors (Lipinski definition) is 2. The van der Waals surface area contributed by atoms with Crippen LogP contribution in [0.1, 0.15) is 22.8 Å². The highest BCUT2D eigenvalue weighted by Gasteiger charge is 2.12. The van der Waals surface area contributed by atoms with E-state index in [4.69, 9.17) is 5.73 Å². The Kier molecular flexibility index (Phi) is 6.20. The number of carbonyl (C=O) groups excluding carboxylic acids is 2. The van der Waals surface area contributed by atoms with Gasteiger partial charge in [-0.3, -0.25) is 9.59 Å². The summed E-state index contributed by atoms with van der Waals surface area (Å²) in [6.45, 7) is 1.74. The van der Waals surface area contributed by atoms with Gasteiger partial charge < -0.3 is 15.8 Å². The molecule has 0 aliphatic rings. The van der Waals surface area contributed by atoms with Gasteiger partial charge in [-0.2, -0.15) is 0 Å². The first-order valence-electron chi connectivity index (χ1n) is 6.00. The van der Waals surface area contributed by atoms with Crippen molar-refractivity contribution in [1.82, 2.24) is 5.32 Å². The van der Waals surface area contributed by atoms with E-state index in [1.165, 1.54) is 6.07 Å². The molecule has 20 heavy (non-hydrogen) atoms. The Morgan fingerprint density at radius 1 is 1.45 bits per heavy atom. The van der Waals surface area contributed by atoms with Gasteiger partial charge in [-0.15, -0.1) is 0 Å². The molecule has 6 heteroatoms. The molecule has 0 atom stereocenters. The van der Waals surface area contributed by atoms with Crippen LogP contribution < -0.4 is 11.1 Å². The zero-order chi connectivity index (χ0) is 15.0. The van der Waals surface area contributed by atoms with Crippen molar-refractivity contribution >= 4 is 11.9 Å². The Hall–Kier alpha value is -2.39. The summed E-state index contributed by atoms with van der Waals surface area (Å²) in [6.07, 6.45) is 0. The first-order valence-corrected chi connectivity index (χ1v) is 6.00. The number of esters is 1. The zero-order valence-corrected chi connectivity index (χ0v) is 11.0. The van der Waals surface area contributed by atoms with Gasteiger partial charge >= 0.3 is 5.97 Å². The van der Waals surface area contributed by atoms with Crippen molar-refractivity contribution in [3.63, 3.8) is 0 Å². The fourth-order valence-corrected chi connectivity index (χ4v) is 1.42. The smallest absolute Gasteiger partial charge is 0.325 e. The van der Waals surface area contributed by atoms with Crippen LogP contribution in [0, 0.1) is 17.7 Å². The van der Waals surface area contributed by atoms with Crippen molar-refractivity contribution in [2.75, 3.05) is 19.7 Å². The molecule has 5 nitrogen and oxygen atoms in total. The molecule has 1 aromatic rings. The number of carbonyl (C=O) groups is 2. The van der Waals surface area contributed by atoms with E-state index < -0.39 is 17.7 Å². The van der Waals surface area contributed by atoms with Crippen LogP contribution in [0.5, 0.6) is 0 Å². The second-order valence-electron chi connectivity index (χ2n) is 3.68. The third-order valence-corrected chi connectivity index (χ3v) is 2.25. The fraction of sp³-hybridized carbons (Fsp3) is 0.286. The summed E-state index contributed by atoms with van der Waals surface area (Å²) in [5.74, 6) is 3.59. The minimum absolute atomic E-state index is 0.0976. The molecule has 0 aliphatic heterocycles. The normalized spacial score (nSPS) is 9.35. The number of nitrogens with two attached hydrogens (primary N) is 1. The van der Waals surface area contributed by atoms with Gasteiger partial charge in [0, 0.05) is 5.56 Å². The van der Waals surface area contributed by atoms with E-state index in [9.17, 15) is 14.0 Å². The van der Waals surface area contributed by atoms with Crippen molar-refractivity contribution in [3.05, 3.63) is 35.1 Å². The molecule has 0 spiro atoms. The van der Waals surface area contributed by atoms with Crippen molar-refractivity contribution < 1.29 is 18.7 Å². The van der Waals surface area contributed by atoms with Crippen LogP contribution in [-0.4, -0.2) is 31.6 Å². The number of halogens is 1. The van der Waals surface area contributed by atoms with E-state index in [-0.39, 0.29) is 30.8 Å². The molecule has 1 amide bonds. The van der Waals surface area contributed by atoms with E-state index >= 15 is 0 Å². The largest absolute Gasteiger partial charge is 0.465 e. The van der Waals surface area contributed by atoms with Gasteiger partial charge in [0.05, 0.1) is 18.7 Å². The molecular formula is C14H15FN2O3. The van der Waals surface area contributed by atoms with Crippen LogP contribution in [0.2, 0.25) is 0 Å². The highest BCUT2D eigenvalue weighted by Crippen LogP contribution is 2.10. The lowest BCUT2D eigenvalue weighted by molar-refractivity contribution is -0.141. The van der Waals surface area contributed by atoms with Crippen LogP contribution in [0.3, 0.4) is 0 Å². The molecule has 1 aromatic carbocycles. The average molecular weight is 278 g/mol. The minimum Gasteiger partial charge on any atom is -0.465 e. The van der Waals surface area contributed by atoms with Crippen LogP contribution in [0.4, 0.5) is 4.39 Å². The Balaban J connectivity index is 2.84. The lowest BCUT2D eigenvalue weighted by atomic mass is 10.1. The summed E-state index contributed by atoms with van der Waals surface area (Å²) in [6, 6.07) is 3.59. The van der Waals surface area contributed by atoms with E-state index in [0.29, 0.717) is 0 Å². The number of rotatable bonds is 4. The Morgan fingerprint density at radius 2 is 2.20 bits per heavy atom. The van der Waals surface area contributed by atoms with Gasteiger partial charge in [0.1, 0.15) is 12.4 Å². The maximum atomic E-state index is 13.1. The van der Waals surface area contributed by atoms with Crippen LogP contribution in [0.15, 0.2) is 18.2 Å². The topological polar surface area (TPSA) is 81.4 Å². The first kappa shape index (κ1) is 15.7. The van der Waals surface area contributed by atoms with Gasteiger partial charge in [-0.05, 0) is 25.1 Å². The third-order valence-electron chi connectivity index (χ3n) is 2.25. The van der Waals surface area contributed by atoms with E-state index in [1.807, 2.05) is 0 Å². The first-order chi connectivity index (χ1) is 9.58. The summed E-state index contributed by atoms with van der Waals surface area (Å²) >= 11 is 0. The number of ether oxygens (including phenoxy) is 1. The molecule has 0 fully saturated rings. The van der Waals surface area contributed by atoms with Crippen molar-refractivity contribution in [2.24, 2.45) is 5.73 Å². The molecule has 0 saturated heterocycles. The average Bonchev–Trinajstić information content (AvgIpc) is 2.43. The highest BCUT2D eigenvalue weighted by molar-refractivity contribution is 5.98. The van der Waals surface area contributed by atoms with E-state index in [1.54, 1.807) is 6.92 Å². The molecule has 0 bridgehead atoms. The van der Waals surface area contributed by atoms with Crippen LogP contribution in [0.25, 0.3) is 0 Å². The van der Waals surface area contributed by atoms with Crippen molar-refractivity contribution in [2.45, 2.75) is 6.92 Å². The number of hydrogen-bond acceptors (Lipinski definition) is 4. The van der Waals surface area contributed by atoms with Crippen LogP contribution in [-0.2, 0) is 9.53 Å². The maximum absolute atomic E-state index is 13.1. The fourth-order valence-electron chi connectivity index (χ4n) is 1.42. The Morgan fingerprint density at radius 3 is 2.85 bits per heavy atom. The quantitative estimate of drug-likeness (QED) is 0.618. The maximum Gasteiger partial charge on any atom is 0.325 e. The van der Waals surface area contributed by atoms with Crippen molar-refractivity contribution in [3.8, 4) is 11.8 Å². The molecule has 106 valence electrons. The van der Waals surface area contributed by atoms with Gasteiger partial charge in [-0.25, -0.2) is 4.39 Å². The SMILES string of the molecule is CCOC(=O)CNC(=O)c1ccc(F)cc1C#CCN. The Labute approximate surface area is 116 Å². The predicted octanol–water partition coefficient (Wildman–Crippen LogP) is 0.429. The van der Waals surface area contributed by atoms with Gasteiger partial charge in [-0.1, -0.05) is 11.8 Å². The molecular weight excluding hydrogens is 263 g/mol. The number of amides is 1. The molecule has 0 saturated carbocycles. The summed E-state index contributed by atoms with van der Waals surface area (Å²) in [5, 5.41) is 2.38. The summed E-state index contributed by atoms with van der Waals surface area (Å²) in [5.41, 5.74) is 5.64. The molecule has 3 N–H and O–H groups in total. The van der Waals surface area contributed by atoms with Gasteiger partial charge in [0.25, 0.3) is 5.91 Å². The second-order valence-corrected chi connectivity index (χ2v) is 3.68. The van der Waals surface area contributed by atoms with Gasteiger partial charge in [0.2, 0.25) is 0 Å². The third kappa shape index (κ3) is 4.71. The molecule has 0 aromatic heterocycles. The van der Waals surface area contributed by atoms with Gasteiger partial charge in [0.15, 0.2) is 0 Å². The van der Waals surface area contributed by atoms with E-state index in [0.717, 1.165) is 12.1 Å². The molecule has 0 radical (unpaired) electrons. The number of nitrogens with one attached hydrogen (secondary N) is 1. The second kappa shape index (κ2) is 7.92. The lowest BCUT2D eigenvalue weighted by Gasteiger charge is -2.07. The molecule has 0 aliphatic carbocycles. The lowest BCUT2D eigenvalue weighted by Crippen LogP contribution is -2.31. The molecule has 0 heterocycles. The summed E-state index contributed by atoms with van der Waals surface area (Å²) < 4.78 is 17.8. The highest BCUT2D eigenvalue weighted by atomic mass is 19.1. The number of benzene rings is 1. The van der Waals surface area contributed by atoms with Crippen molar-refractivity contribution in [1.29, 1.82) is 0 Å². The summed E-state index contributed by atoms with van der Waals surface area (Å²) in [7, 11) is 0.